The van der Waals surface area contributed by atoms with Gasteiger partial charge in [-0.15, -0.1) is 0 Å². The van der Waals surface area contributed by atoms with Crippen molar-refractivity contribution in [3.8, 4) is 0 Å². The molecular formula is C9H14N4O2. The first-order chi connectivity index (χ1) is 7.38. The van der Waals surface area contributed by atoms with Gasteiger partial charge in [-0.3, -0.25) is 4.98 Å². The van der Waals surface area contributed by atoms with Crippen LogP contribution in [0.5, 0.6) is 0 Å². The monoisotopic (exact) mass is 210 g/mol. The summed E-state index contributed by atoms with van der Waals surface area (Å²) < 4.78 is 10.8. The molecule has 15 heavy (non-hydrogen) atoms. The van der Waals surface area contributed by atoms with Crippen molar-refractivity contribution in [3.05, 3.63) is 18.1 Å². The van der Waals surface area contributed by atoms with Crippen LogP contribution in [0.2, 0.25) is 0 Å². The number of nitrogens with one attached hydrogen (secondary N) is 1. The minimum atomic E-state index is 0.194. The van der Waals surface area contributed by atoms with E-state index >= 15 is 0 Å². The number of aromatic nitrogens is 2. The normalized spacial score (nSPS) is 20.5. The van der Waals surface area contributed by atoms with E-state index in [1.54, 1.807) is 12.4 Å². The Morgan fingerprint density at radius 1 is 1.53 bits per heavy atom. The van der Waals surface area contributed by atoms with Gasteiger partial charge < -0.3 is 14.9 Å². The predicted octanol–water partition coefficient (Wildman–Crippen LogP) is 0.0677. The maximum absolute atomic E-state index is 5.58. The lowest BCUT2D eigenvalue weighted by molar-refractivity contribution is 0.0300. The molecule has 1 aliphatic rings. The van der Waals surface area contributed by atoms with Crippen molar-refractivity contribution in [3.63, 3.8) is 0 Å². The lowest BCUT2D eigenvalue weighted by Gasteiger charge is -2.08. The zero-order valence-corrected chi connectivity index (χ0v) is 8.35. The number of hydrogen-bond acceptors (Lipinski definition) is 6. The Kier molecular flexibility index (Phi) is 3.44. The van der Waals surface area contributed by atoms with Crippen molar-refractivity contribution < 1.29 is 9.47 Å². The Hall–Kier alpha value is -1.24. The van der Waals surface area contributed by atoms with Crippen LogP contribution in [0.15, 0.2) is 12.4 Å². The molecule has 1 aromatic rings. The molecule has 0 aromatic carbocycles. The second-order valence-corrected chi connectivity index (χ2v) is 3.33. The van der Waals surface area contributed by atoms with Gasteiger partial charge in [0, 0.05) is 6.61 Å². The molecule has 1 aliphatic heterocycles. The first-order valence-corrected chi connectivity index (χ1v) is 4.85. The highest BCUT2D eigenvalue weighted by molar-refractivity contribution is 5.28. The number of hydrazine groups is 1. The van der Waals surface area contributed by atoms with Crippen LogP contribution in [-0.2, 0) is 16.1 Å². The fourth-order valence-corrected chi connectivity index (χ4v) is 1.35. The molecule has 0 bridgehead atoms. The average molecular weight is 210 g/mol. The average Bonchev–Trinajstić information content (AvgIpc) is 2.80. The van der Waals surface area contributed by atoms with Crippen molar-refractivity contribution in [2.75, 3.05) is 18.6 Å². The second-order valence-electron chi connectivity index (χ2n) is 3.33. The van der Waals surface area contributed by atoms with Gasteiger partial charge in [-0.2, -0.15) is 0 Å². The Morgan fingerprint density at radius 3 is 3.07 bits per heavy atom. The molecule has 0 amide bonds. The molecule has 82 valence electrons. The Balaban J connectivity index is 1.82. The molecule has 1 fully saturated rings. The zero-order chi connectivity index (χ0) is 10.5. The van der Waals surface area contributed by atoms with E-state index in [-0.39, 0.29) is 6.10 Å². The van der Waals surface area contributed by atoms with Gasteiger partial charge in [0.25, 0.3) is 0 Å². The molecule has 1 atom stereocenters. The molecule has 1 unspecified atom stereocenters. The van der Waals surface area contributed by atoms with E-state index in [9.17, 15) is 0 Å². The minimum absolute atomic E-state index is 0.194. The van der Waals surface area contributed by atoms with Crippen LogP contribution in [0.3, 0.4) is 0 Å². The number of nitrogens with two attached hydrogens (primary N) is 1. The molecule has 2 rings (SSSR count). The highest BCUT2D eigenvalue weighted by atomic mass is 16.5. The molecule has 1 saturated heterocycles. The molecule has 1 aromatic heterocycles. The van der Waals surface area contributed by atoms with Gasteiger partial charge in [0.05, 0.1) is 37.4 Å². The molecule has 0 radical (unpaired) electrons. The van der Waals surface area contributed by atoms with Gasteiger partial charge in [0.15, 0.2) is 5.82 Å². The third-order valence-electron chi connectivity index (χ3n) is 2.21. The maximum Gasteiger partial charge on any atom is 0.158 e. The van der Waals surface area contributed by atoms with Crippen molar-refractivity contribution in [1.82, 2.24) is 9.97 Å². The van der Waals surface area contributed by atoms with Crippen LogP contribution >= 0.6 is 0 Å². The number of ether oxygens (including phenoxy) is 2. The molecular weight excluding hydrogens is 196 g/mol. The lowest BCUT2D eigenvalue weighted by atomic mass is 10.3. The third-order valence-corrected chi connectivity index (χ3v) is 2.21. The SMILES string of the molecule is NNc1cnc(COC2CCOC2)cn1. The fourth-order valence-electron chi connectivity index (χ4n) is 1.35. The van der Waals surface area contributed by atoms with Gasteiger partial charge in [-0.1, -0.05) is 0 Å². The Labute approximate surface area is 87.8 Å². The zero-order valence-electron chi connectivity index (χ0n) is 8.35. The maximum atomic E-state index is 5.58. The summed E-state index contributed by atoms with van der Waals surface area (Å²) in [7, 11) is 0. The van der Waals surface area contributed by atoms with Gasteiger partial charge in [-0.25, -0.2) is 10.8 Å². The summed E-state index contributed by atoms with van der Waals surface area (Å²) in [5.41, 5.74) is 3.21. The van der Waals surface area contributed by atoms with Crippen LogP contribution in [-0.4, -0.2) is 29.3 Å². The molecule has 3 N–H and O–H groups in total. The second kappa shape index (κ2) is 5.01. The van der Waals surface area contributed by atoms with E-state index in [0.29, 0.717) is 19.0 Å². The molecule has 6 nitrogen and oxygen atoms in total. The Morgan fingerprint density at radius 2 is 2.47 bits per heavy atom. The van der Waals surface area contributed by atoms with Crippen LogP contribution < -0.4 is 11.3 Å². The fraction of sp³-hybridized carbons (Fsp3) is 0.556. The van der Waals surface area contributed by atoms with Crippen molar-refractivity contribution in [2.24, 2.45) is 5.84 Å². The standard InChI is InChI=1S/C9H14N4O2/c10-13-9-4-11-7(3-12-9)5-15-8-1-2-14-6-8/h3-4,8H,1-2,5-6,10H2,(H,12,13). The number of nitrogens with zero attached hydrogens (tertiary/aromatic N) is 2. The smallest absolute Gasteiger partial charge is 0.158 e. The number of hydrogen-bond donors (Lipinski definition) is 2. The van der Waals surface area contributed by atoms with E-state index in [2.05, 4.69) is 15.4 Å². The van der Waals surface area contributed by atoms with E-state index in [1.807, 2.05) is 0 Å². The summed E-state index contributed by atoms with van der Waals surface area (Å²) >= 11 is 0. The molecule has 2 heterocycles. The number of nitrogen functional groups attached to an aromatic ring is 1. The highest BCUT2D eigenvalue weighted by Crippen LogP contribution is 2.10. The first-order valence-electron chi connectivity index (χ1n) is 4.85. The summed E-state index contributed by atoms with van der Waals surface area (Å²) in [6.45, 7) is 1.92. The van der Waals surface area contributed by atoms with E-state index in [4.69, 9.17) is 15.3 Å². The molecule has 0 spiro atoms. The summed E-state index contributed by atoms with van der Waals surface area (Å²) in [6.07, 6.45) is 4.36. The lowest BCUT2D eigenvalue weighted by Crippen LogP contribution is -2.13. The van der Waals surface area contributed by atoms with Gasteiger partial charge in [0.2, 0.25) is 0 Å². The van der Waals surface area contributed by atoms with E-state index in [1.165, 1.54) is 0 Å². The Bertz CT molecular complexity index is 297. The van der Waals surface area contributed by atoms with Gasteiger partial charge in [-0.05, 0) is 6.42 Å². The largest absolute Gasteiger partial charge is 0.379 e. The summed E-state index contributed by atoms with van der Waals surface area (Å²) in [5, 5.41) is 0. The quantitative estimate of drug-likeness (QED) is 0.540. The van der Waals surface area contributed by atoms with Crippen LogP contribution in [0.4, 0.5) is 5.82 Å². The van der Waals surface area contributed by atoms with Crippen molar-refractivity contribution in [2.45, 2.75) is 19.1 Å². The predicted molar refractivity (Wildman–Crippen MR) is 53.9 cm³/mol. The van der Waals surface area contributed by atoms with Crippen LogP contribution in [0, 0.1) is 0 Å². The summed E-state index contributed by atoms with van der Waals surface area (Å²) in [6, 6.07) is 0. The summed E-state index contributed by atoms with van der Waals surface area (Å²) in [4.78, 5) is 8.17. The topological polar surface area (TPSA) is 82.3 Å². The van der Waals surface area contributed by atoms with E-state index in [0.717, 1.165) is 18.7 Å². The van der Waals surface area contributed by atoms with Crippen LogP contribution in [0.1, 0.15) is 12.1 Å². The highest BCUT2D eigenvalue weighted by Gasteiger charge is 2.15. The molecule has 6 heteroatoms. The number of rotatable bonds is 4. The van der Waals surface area contributed by atoms with Crippen molar-refractivity contribution >= 4 is 5.82 Å². The van der Waals surface area contributed by atoms with Gasteiger partial charge >= 0.3 is 0 Å². The van der Waals surface area contributed by atoms with E-state index < -0.39 is 0 Å². The summed E-state index contributed by atoms with van der Waals surface area (Å²) in [5.74, 6) is 5.72. The third kappa shape index (κ3) is 2.85. The first kappa shape index (κ1) is 10.3. The number of anilines is 1. The van der Waals surface area contributed by atoms with Gasteiger partial charge in [0.1, 0.15) is 0 Å². The van der Waals surface area contributed by atoms with Crippen molar-refractivity contribution in [1.29, 1.82) is 0 Å². The molecule has 0 aliphatic carbocycles. The van der Waals surface area contributed by atoms with Crippen LogP contribution in [0.25, 0.3) is 0 Å². The molecule has 0 saturated carbocycles. The minimum Gasteiger partial charge on any atom is -0.379 e.